The van der Waals surface area contributed by atoms with Crippen molar-refractivity contribution >= 4 is 44.9 Å². The Bertz CT molecular complexity index is 559. The minimum atomic E-state index is 0.381. The number of aromatic nitrogens is 2. The van der Waals surface area contributed by atoms with Gasteiger partial charge in [0, 0.05) is 0 Å². The molecule has 0 saturated carbocycles. The lowest BCUT2D eigenvalue weighted by atomic mass is 10.2. The van der Waals surface area contributed by atoms with E-state index in [0.29, 0.717) is 21.1 Å². The summed E-state index contributed by atoms with van der Waals surface area (Å²) < 4.78 is 0.623. The molecule has 3 N–H and O–H groups in total. The van der Waals surface area contributed by atoms with Gasteiger partial charge in [-0.1, -0.05) is 17.7 Å². The number of rotatable bonds is 2. The van der Waals surface area contributed by atoms with Gasteiger partial charge in [-0.3, -0.25) is 0 Å². The quantitative estimate of drug-likeness (QED) is 0.890. The molecule has 1 aromatic heterocycles. The van der Waals surface area contributed by atoms with Gasteiger partial charge < -0.3 is 11.1 Å². The van der Waals surface area contributed by atoms with Crippen LogP contribution in [0.15, 0.2) is 29.0 Å². The molecule has 4 nitrogen and oxygen atoms in total. The first-order valence-corrected chi connectivity index (χ1v) is 6.04. The molecule has 1 heterocycles. The van der Waals surface area contributed by atoms with E-state index in [2.05, 4.69) is 31.2 Å². The smallest absolute Gasteiger partial charge is 0.150 e. The Labute approximate surface area is 112 Å². The summed E-state index contributed by atoms with van der Waals surface area (Å²) >= 11 is 9.41. The average Bonchev–Trinajstić information content (AvgIpc) is 2.30. The van der Waals surface area contributed by atoms with Crippen LogP contribution in [0.1, 0.15) is 5.56 Å². The lowest BCUT2D eigenvalue weighted by Gasteiger charge is -2.10. The van der Waals surface area contributed by atoms with Crippen LogP contribution in [-0.4, -0.2) is 9.97 Å². The zero-order valence-electron chi connectivity index (χ0n) is 9.04. The first-order chi connectivity index (χ1) is 8.08. The number of anilines is 3. The van der Waals surface area contributed by atoms with Crippen molar-refractivity contribution in [2.45, 2.75) is 6.92 Å². The fourth-order valence-corrected chi connectivity index (χ4v) is 1.80. The van der Waals surface area contributed by atoms with Crippen molar-refractivity contribution in [3.63, 3.8) is 0 Å². The minimum Gasteiger partial charge on any atom is -0.383 e. The maximum atomic E-state index is 6.09. The van der Waals surface area contributed by atoms with Crippen LogP contribution in [0.4, 0.5) is 17.3 Å². The van der Waals surface area contributed by atoms with Crippen molar-refractivity contribution < 1.29 is 0 Å². The molecule has 2 aromatic rings. The second-order valence-corrected chi connectivity index (χ2v) is 4.73. The lowest BCUT2D eigenvalue weighted by Crippen LogP contribution is -2.00. The molecular weight excluding hydrogens is 304 g/mol. The largest absolute Gasteiger partial charge is 0.383 e. The van der Waals surface area contributed by atoms with Gasteiger partial charge in [-0.15, -0.1) is 0 Å². The Hall–Kier alpha value is -1.33. The fraction of sp³-hybridized carbons (Fsp3) is 0.0909. The third-order valence-corrected chi connectivity index (χ3v) is 3.30. The highest BCUT2D eigenvalue weighted by atomic mass is 79.9. The van der Waals surface area contributed by atoms with Crippen LogP contribution in [0.5, 0.6) is 0 Å². The Morgan fingerprint density at radius 2 is 2.12 bits per heavy atom. The summed E-state index contributed by atoms with van der Waals surface area (Å²) in [6, 6.07) is 5.71. The van der Waals surface area contributed by atoms with Crippen LogP contribution in [-0.2, 0) is 0 Å². The van der Waals surface area contributed by atoms with Gasteiger partial charge in [-0.2, -0.15) is 0 Å². The fourth-order valence-electron chi connectivity index (χ4n) is 1.33. The molecule has 0 radical (unpaired) electrons. The first kappa shape index (κ1) is 12.1. The molecule has 0 aliphatic heterocycles. The van der Waals surface area contributed by atoms with E-state index in [1.54, 1.807) is 0 Å². The van der Waals surface area contributed by atoms with Gasteiger partial charge in [0.15, 0.2) is 0 Å². The summed E-state index contributed by atoms with van der Waals surface area (Å²) in [4.78, 5) is 7.97. The topological polar surface area (TPSA) is 63.8 Å². The molecule has 0 unspecified atom stereocenters. The van der Waals surface area contributed by atoms with E-state index >= 15 is 0 Å². The molecule has 88 valence electrons. The molecule has 6 heteroatoms. The summed E-state index contributed by atoms with van der Waals surface area (Å²) in [5, 5.41) is 3.74. The molecule has 0 spiro atoms. The summed E-state index contributed by atoms with van der Waals surface area (Å²) in [6.07, 6.45) is 1.39. The van der Waals surface area contributed by atoms with Gasteiger partial charge in [-0.05, 0) is 40.5 Å². The van der Waals surface area contributed by atoms with Crippen molar-refractivity contribution in [2.24, 2.45) is 0 Å². The van der Waals surface area contributed by atoms with Crippen molar-refractivity contribution in [3.05, 3.63) is 39.6 Å². The molecule has 1 aromatic carbocycles. The highest BCUT2D eigenvalue weighted by Gasteiger charge is 2.08. The zero-order valence-corrected chi connectivity index (χ0v) is 11.4. The van der Waals surface area contributed by atoms with Crippen molar-refractivity contribution in [2.75, 3.05) is 11.1 Å². The molecule has 0 aliphatic rings. The highest BCUT2D eigenvalue weighted by molar-refractivity contribution is 9.10. The summed E-state index contributed by atoms with van der Waals surface area (Å²) in [7, 11) is 0. The second kappa shape index (κ2) is 4.89. The van der Waals surface area contributed by atoms with Gasteiger partial charge in [0.25, 0.3) is 0 Å². The molecule has 0 amide bonds. The monoisotopic (exact) mass is 312 g/mol. The summed E-state index contributed by atoms with van der Waals surface area (Å²) in [6.45, 7) is 1.99. The van der Waals surface area contributed by atoms with Gasteiger partial charge in [0.05, 0.1) is 10.7 Å². The molecule has 0 bridgehead atoms. The van der Waals surface area contributed by atoms with Crippen LogP contribution in [0.2, 0.25) is 5.02 Å². The van der Waals surface area contributed by atoms with Gasteiger partial charge in [0.1, 0.15) is 22.4 Å². The van der Waals surface area contributed by atoms with Crippen LogP contribution in [0.25, 0.3) is 0 Å². The highest BCUT2D eigenvalue weighted by Crippen LogP contribution is 2.30. The number of hydrogen-bond acceptors (Lipinski definition) is 4. The number of hydrogen-bond donors (Lipinski definition) is 2. The number of aryl methyl sites for hydroxylation is 1. The normalized spacial score (nSPS) is 10.3. The van der Waals surface area contributed by atoms with Crippen molar-refractivity contribution in [1.29, 1.82) is 0 Å². The van der Waals surface area contributed by atoms with E-state index in [9.17, 15) is 0 Å². The van der Waals surface area contributed by atoms with E-state index in [4.69, 9.17) is 17.3 Å². The van der Waals surface area contributed by atoms with Gasteiger partial charge in [-0.25, -0.2) is 9.97 Å². The SMILES string of the molecule is Cc1ccc(Cl)c(Nc2ncnc(N)c2Br)c1. The Balaban J connectivity index is 2.38. The predicted molar refractivity (Wildman–Crippen MR) is 73.6 cm³/mol. The Morgan fingerprint density at radius 1 is 1.35 bits per heavy atom. The first-order valence-electron chi connectivity index (χ1n) is 4.87. The van der Waals surface area contributed by atoms with E-state index in [1.165, 1.54) is 6.33 Å². The molecule has 0 fully saturated rings. The predicted octanol–water partition coefficient (Wildman–Crippen LogP) is 3.53. The van der Waals surface area contributed by atoms with E-state index < -0.39 is 0 Å². The Morgan fingerprint density at radius 3 is 2.88 bits per heavy atom. The number of benzene rings is 1. The number of nitrogens with one attached hydrogen (secondary N) is 1. The molecule has 0 atom stereocenters. The van der Waals surface area contributed by atoms with Crippen molar-refractivity contribution in [3.8, 4) is 0 Å². The number of nitrogens with zero attached hydrogens (tertiary/aromatic N) is 2. The molecule has 0 aliphatic carbocycles. The van der Waals surface area contributed by atoms with E-state index in [0.717, 1.165) is 11.3 Å². The maximum Gasteiger partial charge on any atom is 0.150 e. The molecular formula is C11H10BrClN4. The minimum absolute atomic E-state index is 0.381. The van der Waals surface area contributed by atoms with Crippen LogP contribution < -0.4 is 11.1 Å². The van der Waals surface area contributed by atoms with Gasteiger partial charge in [0.2, 0.25) is 0 Å². The number of nitrogens with two attached hydrogens (primary N) is 1. The third-order valence-electron chi connectivity index (χ3n) is 2.19. The van der Waals surface area contributed by atoms with Crippen LogP contribution in [0.3, 0.4) is 0 Å². The number of halogens is 2. The third kappa shape index (κ3) is 2.68. The van der Waals surface area contributed by atoms with Crippen LogP contribution >= 0.6 is 27.5 Å². The summed E-state index contributed by atoms with van der Waals surface area (Å²) in [5.41, 5.74) is 7.56. The lowest BCUT2D eigenvalue weighted by molar-refractivity contribution is 1.16. The average molecular weight is 314 g/mol. The second-order valence-electron chi connectivity index (χ2n) is 3.53. The van der Waals surface area contributed by atoms with Crippen molar-refractivity contribution in [1.82, 2.24) is 9.97 Å². The van der Waals surface area contributed by atoms with E-state index in [1.807, 2.05) is 25.1 Å². The van der Waals surface area contributed by atoms with Crippen LogP contribution in [0, 0.1) is 6.92 Å². The Kier molecular flexibility index (Phi) is 3.49. The number of nitrogen functional groups attached to an aromatic ring is 1. The maximum absolute atomic E-state index is 6.09. The van der Waals surface area contributed by atoms with Gasteiger partial charge >= 0.3 is 0 Å². The molecule has 0 saturated heterocycles. The standard InChI is InChI=1S/C11H10BrClN4/c1-6-2-3-7(13)8(4-6)17-11-9(12)10(14)15-5-16-11/h2-5H,1H3,(H3,14,15,16,17). The van der Waals surface area contributed by atoms with E-state index in [-0.39, 0.29) is 0 Å². The summed E-state index contributed by atoms with van der Waals surface area (Å²) in [5.74, 6) is 0.969. The molecule has 17 heavy (non-hydrogen) atoms. The zero-order chi connectivity index (χ0) is 12.4. The molecule has 2 rings (SSSR count).